The minimum Gasteiger partial charge on any atom is -0.478 e. The number of carbonyl (C=O) groups excluding carboxylic acids is 1. The van der Waals surface area contributed by atoms with E-state index in [1.54, 1.807) is 48.5 Å². The Hall–Kier alpha value is -6.32. The van der Waals surface area contributed by atoms with Crippen molar-refractivity contribution >= 4 is 54.7 Å². The van der Waals surface area contributed by atoms with Crippen LogP contribution in [0.4, 0.5) is 26.3 Å². The second kappa shape index (κ2) is 16.7. The number of aliphatic hydroxyl groups excluding tert-OH is 2. The summed E-state index contributed by atoms with van der Waals surface area (Å²) in [7, 11) is 0. The van der Waals surface area contributed by atoms with E-state index >= 15 is 0 Å². The largest absolute Gasteiger partial charge is 0.478 e. The summed E-state index contributed by atoms with van der Waals surface area (Å²) in [5.74, 6) is -1.56. The van der Waals surface area contributed by atoms with Crippen molar-refractivity contribution in [2.24, 2.45) is 5.73 Å². The molecule has 0 fully saturated rings. The van der Waals surface area contributed by atoms with Crippen LogP contribution in [0, 0.1) is 0 Å². The third-order valence-electron chi connectivity index (χ3n) is 9.60. The summed E-state index contributed by atoms with van der Waals surface area (Å²) in [4.78, 5) is 23.8. The van der Waals surface area contributed by atoms with Crippen LogP contribution in [-0.4, -0.2) is 27.2 Å². The van der Waals surface area contributed by atoms with Crippen LogP contribution in [0.2, 0.25) is 0 Å². The summed E-state index contributed by atoms with van der Waals surface area (Å²) in [5.41, 5.74) is 7.78. The minimum atomic E-state index is -4.49. The summed E-state index contributed by atoms with van der Waals surface area (Å²) in [6.45, 7) is 0. The zero-order chi connectivity index (χ0) is 42.9. The summed E-state index contributed by atoms with van der Waals surface area (Å²) >= 11 is 2.57. The molecule has 14 heteroatoms. The lowest BCUT2D eigenvalue weighted by atomic mass is 10.0. The van der Waals surface area contributed by atoms with Crippen molar-refractivity contribution < 1.29 is 51.3 Å². The lowest BCUT2D eigenvalue weighted by Gasteiger charge is -2.12. The molecule has 2 aromatic heterocycles. The standard InChI is InChI=1S/C23H16F3NO2S.C23H15F3O3S/c24-23(25,26)17-8-2-5-14(11-17)20(28)19-12-15-6-3-9-18(21(15)30-19)13-4-1-7-16(10-13)22(27)29;24-23(25,26)17-8-2-5-14(11-17)20(27)19-12-15-6-3-9-18(21(15)30-19)13-4-1-7-16(10-13)22(28)29/h1-12,20,28H,(H2,27,29);1-12,20,27H,(H,28,29). The molecule has 2 atom stereocenters. The van der Waals surface area contributed by atoms with E-state index in [-0.39, 0.29) is 16.7 Å². The fraction of sp³-hybridized carbons (Fsp3) is 0.0870. The number of carboxylic acids is 1. The fourth-order valence-electron chi connectivity index (χ4n) is 6.65. The molecule has 2 unspecified atom stereocenters. The Morgan fingerprint density at radius 2 is 0.917 bits per heavy atom. The molecular formula is C46H31F6NO5S2. The van der Waals surface area contributed by atoms with E-state index < -0.39 is 47.6 Å². The number of primary amides is 1. The van der Waals surface area contributed by atoms with Crippen molar-refractivity contribution in [1.82, 2.24) is 0 Å². The van der Waals surface area contributed by atoms with E-state index in [9.17, 15) is 51.3 Å². The monoisotopic (exact) mass is 855 g/mol. The number of halogens is 6. The van der Waals surface area contributed by atoms with Gasteiger partial charge in [0.25, 0.3) is 0 Å². The lowest BCUT2D eigenvalue weighted by molar-refractivity contribution is -0.138. The number of hydrogen-bond acceptors (Lipinski definition) is 6. The van der Waals surface area contributed by atoms with Gasteiger partial charge in [-0.1, -0.05) is 84.9 Å². The second-order valence-corrected chi connectivity index (χ2v) is 15.8. The van der Waals surface area contributed by atoms with E-state index in [4.69, 9.17) is 5.73 Å². The zero-order valence-electron chi connectivity index (χ0n) is 30.8. The number of nitrogens with two attached hydrogens (primary N) is 1. The van der Waals surface area contributed by atoms with Gasteiger partial charge in [0.2, 0.25) is 5.91 Å². The van der Waals surface area contributed by atoms with E-state index in [0.29, 0.717) is 20.9 Å². The van der Waals surface area contributed by atoms with Crippen molar-refractivity contribution in [3.8, 4) is 22.3 Å². The smallest absolute Gasteiger partial charge is 0.416 e. The molecule has 0 saturated carbocycles. The van der Waals surface area contributed by atoms with Crippen molar-refractivity contribution in [1.29, 1.82) is 0 Å². The molecule has 304 valence electrons. The molecule has 0 bridgehead atoms. The van der Waals surface area contributed by atoms with Gasteiger partial charge in [-0.2, -0.15) is 26.3 Å². The Labute approximate surface area is 346 Å². The Morgan fingerprint density at radius 3 is 1.33 bits per heavy atom. The number of rotatable bonds is 8. The van der Waals surface area contributed by atoms with Crippen molar-refractivity contribution in [3.05, 3.63) is 189 Å². The quantitative estimate of drug-likeness (QED) is 0.113. The Balaban J connectivity index is 0.000000181. The Bertz CT molecular complexity index is 2690. The second-order valence-electron chi connectivity index (χ2n) is 13.6. The minimum absolute atomic E-state index is 0.158. The highest BCUT2D eigenvalue weighted by molar-refractivity contribution is 7.20. The van der Waals surface area contributed by atoms with Gasteiger partial charge in [0.1, 0.15) is 12.2 Å². The molecular weight excluding hydrogens is 825 g/mol. The van der Waals surface area contributed by atoms with E-state index in [0.717, 1.165) is 61.1 Å². The number of thiophene rings is 2. The number of alkyl halides is 6. The Kier molecular flexibility index (Phi) is 11.7. The van der Waals surface area contributed by atoms with Crippen LogP contribution in [0.25, 0.3) is 42.4 Å². The van der Waals surface area contributed by atoms with Crippen LogP contribution in [0.5, 0.6) is 0 Å². The molecule has 0 aliphatic heterocycles. The number of fused-ring (bicyclic) bond motifs is 2. The molecule has 60 heavy (non-hydrogen) atoms. The molecule has 5 N–H and O–H groups in total. The van der Waals surface area contributed by atoms with Crippen LogP contribution in [0.1, 0.15) is 64.9 Å². The van der Waals surface area contributed by atoms with Gasteiger partial charge in [0.15, 0.2) is 0 Å². The molecule has 2 heterocycles. The van der Waals surface area contributed by atoms with Gasteiger partial charge < -0.3 is 21.1 Å². The molecule has 0 aliphatic rings. The summed E-state index contributed by atoms with van der Waals surface area (Å²) < 4.78 is 79.8. The van der Waals surface area contributed by atoms with Gasteiger partial charge in [0, 0.05) is 24.7 Å². The average molecular weight is 856 g/mol. The number of hydrogen-bond donors (Lipinski definition) is 4. The first-order valence-corrected chi connectivity index (χ1v) is 19.6. The topological polar surface area (TPSA) is 121 Å². The third kappa shape index (κ3) is 8.97. The normalized spacial score (nSPS) is 12.8. The number of aliphatic hydroxyl groups is 2. The maximum atomic E-state index is 13.0. The van der Waals surface area contributed by atoms with E-state index in [1.165, 1.54) is 53.0 Å². The number of aromatic carboxylic acids is 1. The first-order chi connectivity index (χ1) is 28.5. The van der Waals surface area contributed by atoms with Crippen LogP contribution < -0.4 is 5.73 Å². The van der Waals surface area contributed by atoms with E-state index in [1.807, 2.05) is 42.5 Å². The van der Waals surface area contributed by atoms with Crippen molar-refractivity contribution in [2.75, 3.05) is 0 Å². The molecule has 6 nitrogen and oxygen atoms in total. The molecule has 0 aliphatic carbocycles. The molecule has 6 aromatic carbocycles. The zero-order valence-corrected chi connectivity index (χ0v) is 32.5. The SMILES string of the molecule is NC(=O)c1cccc(-c2cccc3cc(C(O)c4cccc(C(F)(F)F)c4)sc23)c1.O=C(O)c1cccc(-c2cccc3cc(C(O)c4cccc(C(F)(F)F)c4)sc23)c1. The molecule has 1 amide bonds. The number of carbonyl (C=O) groups is 2. The average Bonchev–Trinajstić information content (AvgIpc) is 3.88. The number of benzene rings is 6. The number of amides is 1. The molecule has 0 spiro atoms. The van der Waals surface area contributed by atoms with Gasteiger partial charge in [-0.05, 0) is 105 Å². The molecule has 8 aromatic rings. The molecule has 0 saturated heterocycles. The van der Waals surface area contributed by atoms with Gasteiger partial charge in [-0.3, -0.25) is 4.79 Å². The van der Waals surface area contributed by atoms with Crippen LogP contribution in [0.3, 0.4) is 0 Å². The first kappa shape index (κ1) is 41.8. The first-order valence-electron chi connectivity index (χ1n) is 18.0. The maximum Gasteiger partial charge on any atom is 0.416 e. The number of carboxylic acid groups (broad SMARTS) is 1. The maximum absolute atomic E-state index is 13.0. The summed E-state index contributed by atoms with van der Waals surface area (Å²) in [5, 5.41) is 32.4. The van der Waals surface area contributed by atoms with Gasteiger partial charge in [-0.15, -0.1) is 22.7 Å². The highest BCUT2D eigenvalue weighted by Crippen LogP contribution is 2.42. The van der Waals surface area contributed by atoms with Crippen molar-refractivity contribution in [2.45, 2.75) is 24.6 Å². The Morgan fingerprint density at radius 1 is 0.517 bits per heavy atom. The molecule has 0 radical (unpaired) electrons. The highest BCUT2D eigenvalue weighted by atomic mass is 32.1. The van der Waals surface area contributed by atoms with Gasteiger partial charge in [0.05, 0.1) is 16.7 Å². The predicted octanol–water partition coefficient (Wildman–Crippen LogP) is 12.1. The van der Waals surface area contributed by atoms with Gasteiger partial charge in [-0.25, -0.2) is 4.79 Å². The van der Waals surface area contributed by atoms with E-state index in [2.05, 4.69) is 0 Å². The summed E-state index contributed by atoms with van der Waals surface area (Å²) in [6, 6.07) is 37.4. The van der Waals surface area contributed by atoms with Gasteiger partial charge >= 0.3 is 18.3 Å². The molecule has 8 rings (SSSR count). The van der Waals surface area contributed by atoms with Crippen LogP contribution in [0.15, 0.2) is 146 Å². The van der Waals surface area contributed by atoms with Crippen LogP contribution in [-0.2, 0) is 12.4 Å². The van der Waals surface area contributed by atoms with Crippen molar-refractivity contribution in [3.63, 3.8) is 0 Å². The summed E-state index contributed by atoms with van der Waals surface area (Å²) in [6.07, 6.45) is -11.4. The van der Waals surface area contributed by atoms with Crippen LogP contribution >= 0.6 is 22.7 Å². The highest BCUT2D eigenvalue weighted by Gasteiger charge is 2.32. The fourth-order valence-corrected chi connectivity index (χ4v) is 9.07. The third-order valence-corrected chi connectivity index (χ3v) is 12.1. The predicted molar refractivity (Wildman–Crippen MR) is 221 cm³/mol. The lowest BCUT2D eigenvalue weighted by Crippen LogP contribution is -2.10.